The van der Waals surface area contributed by atoms with E-state index in [4.69, 9.17) is 4.98 Å². The first-order valence-electron chi connectivity index (χ1n) is 7.20. The Kier molecular flexibility index (Phi) is 3.05. The normalized spacial score (nSPS) is 11.2. The van der Waals surface area contributed by atoms with E-state index in [0.29, 0.717) is 0 Å². The van der Waals surface area contributed by atoms with Gasteiger partial charge in [0, 0.05) is 11.1 Å². The van der Waals surface area contributed by atoms with E-state index in [1.165, 1.54) is 15.3 Å². The lowest BCUT2D eigenvalue weighted by Gasteiger charge is -2.10. The number of imidazole rings is 1. The van der Waals surface area contributed by atoms with Crippen molar-refractivity contribution in [1.29, 1.82) is 0 Å². The van der Waals surface area contributed by atoms with Gasteiger partial charge in [-0.1, -0.05) is 18.2 Å². The lowest BCUT2D eigenvalue weighted by molar-refractivity contribution is 1.06. The number of nitrogens with zero attached hydrogens (tertiary/aromatic N) is 3. The maximum atomic E-state index is 4.82. The van der Waals surface area contributed by atoms with E-state index in [9.17, 15) is 0 Å². The topological polar surface area (TPSA) is 30.7 Å². The summed E-state index contributed by atoms with van der Waals surface area (Å²) < 4.78 is 2.16. The van der Waals surface area contributed by atoms with Gasteiger partial charge in [0.25, 0.3) is 0 Å². The van der Waals surface area contributed by atoms with Crippen LogP contribution in [0.2, 0.25) is 0 Å². The molecule has 0 aliphatic heterocycles. The standard InChI is InChI=1S/C18H15N3S/c1-12-6-3-4-8-15(12)21-17-14(7-5-11-19-17)20-18(21)16-10-9-13(2)22-16/h3-11H,1-2H3. The summed E-state index contributed by atoms with van der Waals surface area (Å²) in [6.45, 7) is 4.24. The molecule has 22 heavy (non-hydrogen) atoms. The molecular formula is C18H15N3S. The fourth-order valence-corrected chi connectivity index (χ4v) is 3.52. The van der Waals surface area contributed by atoms with Crippen molar-refractivity contribution in [2.75, 3.05) is 0 Å². The van der Waals surface area contributed by atoms with Gasteiger partial charge in [-0.25, -0.2) is 9.97 Å². The number of aryl methyl sites for hydroxylation is 2. The van der Waals surface area contributed by atoms with Crippen LogP contribution in [0.3, 0.4) is 0 Å². The molecule has 4 heteroatoms. The van der Waals surface area contributed by atoms with Gasteiger partial charge in [-0.3, -0.25) is 4.57 Å². The van der Waals surface area contributed by atoms with Crippen molar-refractivity contribution in [2.45, 2.75) is 13.8 Å². The second kappa shape index (κ2) is 5.07. The summed E-state index contributed by atoms with van der Waals surface area (Å²) in [5, 5.41) is 0. The fourth-order valence-electron chi connectivity index (χ4n) is 2.67. The van der Waals surface area contributed by atoms with Crippen LogP contribution in [-0.2, 0) is 0 Å². The molecule has 0 N–H and O–H groups in total. The Morgan fingerprint density at radius 3 is 2.59 bits per heavy atom. The molecular weight excluding hydrogens is 290 g/mol. The van der Waals surface area contributed by atoms with Crippen molar-refractivity contribution in [3.63, 3.8) is 0 Å². The summed E-state index contributed by atoms with van der Waals surface area (Å²) in [5.74, 6) is 0.959. The number of aromatic nitrogens is 3. The molecule has 0 aliphatic carbocycles. The van der Waals surface area contributed by atoms with Gasteiger partial charge in [-0.2, -0.15) is 0 Å². The van der Waals surface area contributed by atoms with Crippen molar-refractivity contribution < 1.29 is 0 Å². The molecule has 3 nitrogen and oxygen atoms in total. The Labute approximate surface area is 132 Å². The van der Waals surface area contributed by atoms with Crippen LogP contribution >= 0.6 is 11.3 Å². The largest absolute Gasteiger partial charge is 0.276 e. The molecule has 0 amide bonds. The minimum absolute atomic E-state index is 0.901. The van der Waals surface area contributed by atoms with E-state index >= 15 is 0 Å². The average molecular weight is 305 g/mol. The van der Waals surface area contributed by atoms with Crippen LogP contribution in [-0.4, -0.2) is 14.5 Å². The highest BCUT2D eigenvalue weighted by Crippen LogP contribution is 2.32. The zero-order valence-corrected chi connectivity index (χ0v) is 13.3. The molecule has 0 unspecified atom stereocenters. The lowest BCUT2D eigenvalue weighted by Crippen LogP contribution is -1.99. The second-order valence-electron chi connectivity index (χ2n) is 5.31. The molecule has 3 heterocycles. The van der Waals surface area contributed by atoms with E-state index in [2.05, 4.69) is 59.8 Å². The molecule has 0 bridgehead atoms. The summed E-state index contributed by atoms with van der Waals surface area (Å²) in [5.41, 5.74) is 4.16. The molecule has 4 aromatic rings. The summed E-state index contributed by atoms with van der Waals surface area (Å²) in [6, 6.07) is 16.6. The first-order valence-corrected chi connectivity index (χ1v) is 8.02. The predicted molar refractivity (Wildman–Crippen MR) is 91.7 cm³/mol. The first kappa shape index (κ1) is 13.2. The number of hydrogen-bond acceptors (Lipinski definition) is 3. The Balaban J connectivity index is 2.09. The van der Waals surface area contributed by atoms with Crippen LogP contribution in [0, 0.1) is 13.8 Å². The summed E-state index contributed by atoms with van der Waals surface area (Å²) in [7, 11) is 0. The highest BCUT2D eigenvalue weighted by molar-refractivity contribution is 7.15. The van der Waals surface area contributed by atoms with Crippen LogP contribution in [0.4, 0.5) is 0 Å². The SMILES string of the molecule is Cc1ccc(-c2nc3cccnc3n2-c2ccccc2C)s1. The van der Waals surface area contributed by atoms with Crippen LogP contribution in [0.1, 0.15) is 10.4 Å². The third kappa shape index (κ3) is 2.04. The molecule has 108 valence electrons. The van der Waals surface area contributed by atoms with E-state index in [1.54, 1.807) is 11.3 Å². The second-order valence-corrected chi connectivity index (χ2v) is 6.60. The van der Waals surface area contributed by atoms with Gasteiger partial charge in [-0.05, 0) is 49.7 Å². The third-order valence-electron chi connectivity index (χ3n) is 3.73. The number of rotatable bonds is 2. The maximum Gasteiger partial charge on any atom is 0.164 e. The van der Waals surface area contributed by atoms with E-state index in [0.717, 1.165) is 22.7 Å². The summed E-state index contributed by atoms with van der Waals surface area (Å²) in [6.07, 6.45) is 1.82. The van der Waals surface area contributed by atoms with Crippen molar-refractivity contribution in [3.05, 3.63) is 65.2 Å². The highest BCUT2D eigenvalue weighted by Gasteiger charge is 2.17. The molecule has 4 rings (SSSR count). The minimum Gasteiger partial charge on any atom is -0.276 e. The summed E-state index contributed by atoms with van der Waals surface area (Å²) in [4.78, 5) is 11.8. The van der Waals surface area contributed by atoms with Crippen molar-refractivity contribution in [1.82, 2.24) is 14.5 Å². The monoisotopic (exact) mass is 305 g/mol. The van der Waals surface area contributed by atoms with Crippen LogP contribution in [0.25, 0.3) is 27.6 Å². The van der Waals surface area contributed by atoms with Crippen molar-refractivity contribution >= 4 is 22.5 Å². The quantitative estimate of drug-likeness (QED) is 0.534. The molecule has 0 fully saturated rings. The van der Waals surface area contributed by atoms with Crippen molar-refractivity contribution in [3.8, 4) is 16.4 Å². The van der Waals surface area contributed by atoms with E-state index in [1.807, 2.05) is 18.3 Å². The molecule has 0 aliphatic rings. The van der Waals surface area contributed by atoms with Crippen LogP contribution in [0.15, 0.2) is 54.7 Å². The smallest absolute Gasteiger partial charge is 0.164 e. The molecule has 0 atom stereocenters. The molecule has 3 aromatic heterocycles. The zero-order valence-electron chi connectivity index (χ0n) is 12.4. The van der Waals surface area contributed by atoms with Crippen LogP contribution < -0.4 is 0 Å². The maximum absolute atomic E-state index is 4.82. The minimum atomic E-state index is 0.901. The number of hydrogen-bond donors (Lipinski definition) is 0. The van der Waals surface area contributed by atoms with Crippen LogP contribution in [0.5, 0.6) is 0 Å². The fraction of sp³-hybridized carbons (Fsp3) is 0.111. The molecule has 0 saturated carbocycles. The van der Waals surface area contributed by atoms with Gasteiger partial charge >= 0.3 is 0 Å². The molecule has 0 spiro atoms. The van der Waals surface area contributed by atoms with Gasteiger partial charge in [0.15, 0.2) is 11.5 Å². The Hall–Kier alpha value is -2.46. The van der Waals surface area contributed by atoms with Gasteiger partial charge in [-0.15, -0.1) is 11.3 Å². The Morgan fingerprint density at radius 1 is 0.955 bits per heavy atom. The zero-order chi connectivity index (χ0) is 15.1. The third-order valence-corrected chi connectivity index (χ3v) is 4.73. The van der Waals surface area contributed by atoms with Gasteiger partial charge in [0.1, 0.15) is 5.52 Å². The van der Waals surface area contributed by atoms with Crippen molar-refractivity contribution in [2.24, 2.45) is 0 Å². The number of para-hydroxylation sites is 1. The molecule has 0 saturated heterocycles. The number of benzene rings is 1. The predicted octanol–water partition coefficient (Wildman–Crippen LogP) is 4.77. The summed E-state index contributed by atoms with van der Waals surface area (Å²) >= 11 is 1.76. The van der Waals surface area contributed by atoms with E-state index in [-0.39, 0.29) is 0 Å². The average Bonchev–Trinajstić information content (AvgIpc) is 3.11. The lowest BCUT2D eigenvalue weighted by atomic mass is 10.2. The Bertz CT molecular complexity index is 965. The van der Waals surface area contributed by atoms with Gasteiger partial charge in [0.2, 0.25) is 0 Å². The number of pyridine rings is 1. The highest BCUT2D eigenvalue weighted by atomic mass is 32.1. The number of thiophene rings is 1. The first-order chi connectivity index (χ1) is 10.7. The number of fused-ring (bicyclic) bond motifs is 1. The Morgan fingerprint density at radius 2 is 1.82 bits per heavy atom. The van der Waals surface area contributed by atoms with E-state index < -0.39 is 0 Å². The molecule has 0 radical (unpaired) electrons. The molecule has 1 aromatic carbocycles. The van der Waals surface area contributed by atoms with Gasteiger partial charge < -0.3 is 0 Å². The van der Waals surface area contributed by atoms with Gasteiger partial charge in [0.05, 0.1) is 10.6 Å².